The summed E-state index contributed by atoms with van der Waals surface area (Å²) in [4.78, 5) is 16.9. The molecule has 0 spiro atoms. The molecule has 1 aliphatic rings. The van der Waals surface area contributed by atoms with Crippen molar-refractivity contribution in [2.75, 3.05) is 27.2 Å². The molecule has 0 saturated carbocycles. The number of hydrogen-bond acceptors (Lipinski definition) is 4. The van der Waals surface area contributed by atoms with Crippen molar-refractivity contribution in [3.8, 4) is 0 Å². The fourth-order valence-electron chi connectivity index (χ4n) is 3.26. The lowest BCUT2D eigenvalue weighted by atomic mass is 10.0. The fourth-order valence-corrected chi connectivity index (χ4v) is 3.26. The minimum absolute atomic E-state index is 0.00830. The van der Waals surface area contributed by atoms with Crippen LogP contribution in [0, 0.1) is 5.82 Å². The summed E-state index contributed by atoms with van der Waals surface area (Å²) in [5.41, 5.74) is 8.03. The number of halogens is 1. The number of carbonyl (C=O) groups excluding carboxylic acids is 1. The number of carbonyl (C=O) groups is 1. The van der Waals surface area contributed by atoms with Gasteiger partial charge in [-0.1, -0.05) is 48.5 Å². The molecule has 0 radical (unpaired) electrons. The van der Waals surface area contributed by atoms with Crippen molar-refractivity contribution in [3.05, 3.63) is 71.5 Å². The van der Waals surface area contributed by atoms with E-state index in [4.69, 9.17) is 0 Å². The number of amides is 1. The van der Waals surface area contributed by atoms with Gasteiger partial charge in [0.25, 0.3) is 0 Å². The molecular weight excluding hydrogens is 343 g/mol. The van der Waals surface area contributed by atoms with E-state index in [0.29, 0.717) is 18.5 Å². The molecular formula is C21H27FN4O. The van der Waals surface area contributed by atoms with E-state index >= 15 is 0 Å². The smallest absolute Gasteiger partial charge is 0.241 e. The Morgan fingerprint density at radius 1 is 1.04 bits per heavy atom. The molecule has 1 fully saturated rings. The molecule has 3 rings (SSSR count). The number of nitrogens with one attached hydrogen (secondary N) is 2. The summed E-state index contributed by atoms with van der Waals surface area (Å²) in [6.07, 6.45) is 0.665. The van der Waals surface area contributed by atoms with E-state index in [-0.39, 0.29) is 30.4 Å². The van der Waals surface area contributed by atoms with Crippen molar-refractivity contribution in [1.29, 1.82) is 0 Å². The summed E-state index contributed by atoms with van der Waals surface area (Å²) in [5, 5.41) is 0. The molecule has 6 heteroatoms. The van der Waals surface area contributed by atoms with Gasteiger partial charge in [0.2, 0.25) is 5.91 Å². The topological polar surface area (TPSA) is 47.6 Å². The minimum Gasteiger partial charge on any atom is -0.336 e. The Bertz CT molecular complexity index is 753. The van der Waals surface area contributed by atoms with Crippen molar-refractivity contribution in [2.24, 2.45) is 0 Å². The quantitative estimate of drug-likeness (QED) is 0.785. The van der Waals surface area contributed by atoms with Gasteiger partial charge in [-0.3, -0.25) is 4.79 Å². The van der Waals surface area contributed by atoms with E-state index in [1.165, 1.54) is 6.07 Å². The Morgan fingerprint density at radius 2 is 1.74 bits per heavy atom. The predicted molar refractivity (Wildman–Crippen MR) is 104 cm³/mol. The third kappa shape index (κ3) is 5.13. The molecule has 144 valence electrons. The SMILES string of the molecule is CN(C)CCN(Cc1ccccc1F)C(=O)C1CC(c2ccccc2)NN1. The van der Waals surface area contributed by atoms with Crippen LogP contribution >= 0.6 is 0 Å². The molecule has 2 N–H and O–H groups in total. The first-order valence-corrected chi connectivity index (χ1v) is 9.27. The minimum atomic E-state index is -0.329. The van der Waals surface area contributed by atoms with Crippen LogP contribution in [0.2, 0.25) is 0 Å². The molecule has 2 unspecified atom stereocenters. The number of hydrogen-bond donors (Lipinski definition) is 2. The molecule has 1 heterocycles. The van der Waals surface area contributed by atoms with Crippen molar-refractivity contribution >= 4 is 5.91 Å². The van der Waals surface area contributed by atoms with Gasteiger partial charge in [0, 0.05) is 31.2 Å². The van der Waals surface area contributed by atoms with E-state index in [9.17, 15) is 9.18 Å². The van der Waals surface area contributed by atoms with Crippen molar-refractivity contribution in [1.82, 2.24) is 20.7 Å². The second kappa shape index (κ2) is 9.08. The fraction of sp³-hybridized carbons (Fsp3) is 0.381. The maximum atomic E-state index is 14.1. The molecule has 0 aromatic heterocycles. The van der Waals surface area contributed by atoms with Crippen molar-refractivity contribution < 1.29 is 9.18 Å². The lowest BCUT2D eigenvalue weighted by molar-refractivity contribution is -0.134. The third-order valence-corrected chi connectivity index (χ3v) is 4.85. The lowest BCUT2D eigenvalue weighted by Gasteiger charge is -2.27. The maximum absolute atomic E-state index is 14.1. The molecule has 2 atom stereocenters. The van der Waals surface area contributed by atoms with Gasteiger partial charge in [0.1, 0.15) is 11.9 Å². The number of benzene rings is 2. The van der Waals surface area contributed by atoms with Crippen LogP contribution in [-0.4, -0.2) is 48.9 Å². The molecule has 1 aliphatic heterocycles. The Kier molecular flexibility index (Phi) is 6.55. The van der Waals surface area contributed by atoms with E-state index in [1.54, 1.807) is 23.1 Å². The van der Waals surface area contributed by atoms with Crippen LogP contribution < -0.4 is 10.9 Å². The monoisotopic (exact) mass is 370 g/mol. The molecule has 2 aromatic rings. The normalized spacial score (nSPS) is 19.4. The van der Waals surface area contributed by atoms with E-state index in [0.717, 1.165) is 12.1 Å². The molecule has 5 nitrogen and oxygen atoms in total. The number of rotatable bonds is 7. The van der Waals surface area contributed by atoms with Crippen LogP contribution in [0.3, 0.4) is 0 Å². The highest BCUT2D eigenvalue weighted by molar-refractivity contribution is 5.82. The highest BCUT2D eigenvalue weighted by atomic mass is 19.1. The Labute approximate surface area is 160 Å². The highest BCUT2D eigenvalue weighted by Crippen LogP contribution is 2.23. The second-order valence-electron chi connectivity index (χ2n) is 7.19. The van der Waals surface area contributed by atoms with Gasteiger partial charge in [-0.2, -0.15) is 0 Å². The molecule has 0 aliphatic carbocycles. The summed E-state index contributed by atoms with van der Waals surface area (Å²) >= 11 is 0. The van der Waals surface area contributed by atoms with Gasteiger partial charge in [-0.05, 0) is 32.1 Å². The van der Waals surface area contributed by atoms with E-state index < -0.39 is 0 Å². The zero-order valence-electron chi connectivity index (χ0n) is 15.9. The predicted octanol–water partition coefficient (Wildman–Crippen LogP) is 2.32. The van der Waals surface area contributed by atoms with Crippen LogP contribution in [0.15, 0.2) is 54.6 Å². The van der Waals surface area contributed by atoms with Gasteiger partial charge in [-0.25, -0.2) is 15.2 Å². The summed E-state index contributed by atoms with van der Waals surface area (Å²) in [5.74, 6) is -0.286. The van der Waals surface area contributed by atoms with Gasteiger partial charge in [-0.15, -0.1) is 0 Å². The largest absolute Gasteiger partial charge is 0.336 e. The standard InChI is InChI=1S/C21H27FN4O/c1-25(2)12-13-26(15-17-10-6-7-11-18(17)22)21(27)20-14-19(23-24-20)16-8-4-3-5-9-16/h3-11,19-20,23-24H,12-15H2,1-2H3. The lowest BCUT2D eigenvalue weighted by Crippen LogP contribution is -2.47. The molecule has 2 aromatic carbocycles. The molecule has 27 heavy (non-hydrogen) atoms. The number of nitrogens with zero attached hydrogens (tertiary/aromatic N) is 2. The highest BCUT2D eigenvalue weighted by Gasteiger charge is 2.33. The first-order valence-electron chi connectivity index (χ1n) is 9.27. The molecule has 1 amide bonds. The number of likely N-dealkylation sites (N-methyl/N-ethyl adjacent to an activating group) is 1. The van der Waals surface area contributed by atoms with Gasteiger partial charge in [0.15, 0.2) is 0 Å². The Hall–Kier alpha value is -2.28. The van der Waals surface area contributed by atoms with Gasteiger partial charge < -0.3 is 9.80 Å². The molecule has 1 saturated heterocycles. The Balaban J connectivity index is 1.70. The average molecular weight is 370 g/mol. The third-order valence-electron chi connectivity index (χ3n) is 4.85. The first-order chi connectivity index (χ1) is 13.0. The first kappa shape index (κ1) is 19.5. The van der Waals surface area contributed by atoms with Gasteiger partial charge >= 0.3 is 0 Å². The van der Waals surface area contributed by atoms with Crippen molar-refractivity contribution in [3.63, 3.8) is 0 Å². The van der Waals surface area contributed by atoms with Crippen molar-refractivity contribution in [2.45, 2.75) is 25.0 Å². The van der Waals surface area contributed by atoms with Crippen LogP contribution in [-0.2, 0) is 11.3 Å². The van der Waals surface area contributed by atoms with E-state index in [2.05, 4.69) is 23.0 Å². The van der Waals surface area contributed by atoms with E-state index in [1.807, 2.05) is 37.2 Å². The summed E-state index contributed by atoms with van der Waals surface area (Å²) in [6, 6.07) is 16.5. The van der Waals surface area contributed by atoms with Crippen LogP contribution in [0.25, 0.3) is 0 Å². The van der Waals surface area contributed by atoms with Crippen LogP contribution in [0.4, 0.5) is 4.39 Å². The zero-order chi connectivity index (χ0) is 19.2. The average Bonchev–Trinajstić information content (AvgIpc) is 3.17. The zero-order valence-corrected chi connectivity index (χ0v) is 15.9. The summed E-state index contributed by atoms with van der Waals surface area (Å²) in [7, 11) is 3.93. The number of hydrazine groups is 1. The molecule has 0 bridgehead atoms. The van der Waals surface area contributed by atoms with Gasteiger partial charge in [0.05, 0.1) is 0 Å². The van der Waals surface area contributed by atoms with Crippen LogP contribution in [0.5, 0.6) is 0 Å². The maximum Gasteiger partial charge on any atom is 0.241 e. The summed E-state index contributed by atoms with van der Waals surface area (Å²) < 4.78 is 14.1. The van der Waals surface area contributed by atoms with Crippen LogP contribution in [0.1, 0.15) is 23.6 Å². The summed E-state index contributed by atoms with van der Waals surface area (Å²) in [6.45, 7) is 1.55. The Morgan fingerprint density at radius 3 is 2.44 bits per heavy atom. The second-order valence-corrected chi connectivity index (χ2v) is 7.19.